The van der Waals surface area contributed by atoms with E-state index in [1.54, 1.807) is 0 Å². The smallest absolute Gasteiger partial charge is 0.136 e. The maximum absolute atomic E-state index is 6.47. The van der Waals surface area contributed by atoms with E-state index in [9.17, 15) is 0 Å². The molecule has 0 fully saturated rings. The zero-order chi connectivity index (χ0) is 36.0. The quantitative estimate of drug-likeness (QED) is 0.179. The number of nitrogens with zero attached hydrogens (tertiary/aromatic N) is 1. The molecule has 8 aromatic carbocycles. The third-order valence-electron chi connectivity index (χ3n) is 12.1. The predicted molar refractivity (Wildman–Crippen MR) is 223 cm³/mol. The van der Waals surface area contributed by atoms with Crippen LogP contribution >= 0.6 is 0 Å². The molecule has 0 N–H and O–H groups in total. The van der Waals surface area contributed by atoms with Gasteiger partial charge in [-0.1, -0.05) is 153 Å². The van der Waals surface area contributed by atoms with Crippen molar-refractivity contribution in [1.29, 1.82) is 0 Å². The van der Waals surface area contributed by atoms with Crippen molar-refractivity contribution < 1.29 is 4.42 Å². The summed E-state index contributed by atoms with van der Waals surface area (Å²) in [6.07, 6.45) is 0. The fourth-order valence-electron chi connectivity index (χ4n) is 9.75. The minimum absolute atomic E-state index is 0.190. The molecule has 0 bridgehead atoms. The lowest BCUT2D eigenvalue weighted by Crippen LogP contribution is -2.28. The molecule has 2 nitrogen and oxygen atoms in total. The molecule has 0 radical (unpaired) electrons. The van der Waals surface area contributed by atoms with Gasteiger partial charge in [0.15, 0.2) is 0 Å². The molecular formula is C52H37NO. The summed E-state index contributed by atoms with van der Waals surface area (Å²) in [6.45, 7) is 4.72. The molecule has 9 aromatic rings. The van der Waals surface area contributed by atoms with Crippen molar-refractivity contribution in [3.8, 4) is 22.3 Å². The van der Waals surface area contributed by atoms with Crippen LogP contribution in [-0.2, 0) is 10.8 Å². The second kappa shape index (κ2) is 11.4. The van der Waals surface area contributed by atoms with Crippen LogP contribution in [0.2, 0.25) is 0 Å². The molecule has 11 rings (SSSR count). The maximum atomic E-state index is 6.47. The summed E-state index contributed by atoms with van der Waals surface area (Å²) >= 11 is 0. The lowest BCUT2D eigenvalue weighted by molar-refractivity contribution is 0.658. The number of benzene rings is 8. The van der Waals surface area contributed by atoms with Crippen LogP contribution in [0.15, 0.2) is 192 Å². The van der Waals surface area contributed by atoms with Gasteiger partial charge in [0, 0.05) is 33.1 Å². The Balaban J connectivity index is 1.13. The van der Waals surface area contributed by atoms with Crippen LogP contribution in [0.1, 0.15) is 47.2 Å². The molecule has 2 aliphatic carbocycles. The van der Waals surface area contributed by atoms with E-state index in [0.29, 0.717) is 0 Å². The van der Waals surface area contributed by atoms with Crippen LogP contribution in [-0.4, -0.2) is 0 Å². The number of hydrogen-bond acceptors (Lipinski definition) is 2. The van der Waals surface area contributed by atoms with Crippen molar-refractivity contribution in [1.82, 2.24) is 0 Å². The summed E-state index contributed by atoms with van der Waals surface area (Å²) in [5.74, 6) is 0. The van der Waals surface area contributed by atoms with Crippen LogP contribution in [0.5, 0.6) is 0 Å². The van der Waals surface area contributed by atoms with Gasteiger partial charge in [-0.25, -0.2) is 0 Å². The summed E-state index contributed by atoms with van der Waals surface area (Å²) in [5, 5.41) is 2.33. The molecule has 2 aliphatic rings. The van der Waals surface area contributed by atoms with Gasteiger partial charge in [0.1, 0.15) is 11.2 Å². The molecular weight excluding hydrogens is 655 g/mol. The molecule has 0 spiro atoms. The van der Waals surface area contributed by atoms with Gasteiger partial charge in [0.2, 0.25) is 0 Å². The Bertz CT molecular complexity index is 2850. The van der Waals surface area contributed by atoms with Crippen LogP contribution in [0.4, 0.5) is 17.1 Å². The highest BCUT2D eigenvalue weighted by atomic mass is 16.3. The number of furan rings is 1. The summed E-state index contributed by atoms with van der Waals surface area (Å²) in [4.78, 5) is 2.43. The number of hydrogen-bond donors (Lipinski definition) is 0. The van der Waals surface area contributed by atoms with Crippen molar-refractivity contribution in [2.75, 3.05) is 4.90 Å². The van der Waals surface area contributed by atoms with Gasteiger partial charge in [-0.05, 0) is 98.6 Å². The fraction of sp³-hybridized carbons (Fsp3) is 0.0769. The van der Waals surface area contributed by atoms with Gasteiger partial charge in [-0.2, -0.15) is 0 Å². The third-order valence-corrected chi connectivity index (χ3v) is 12.1. The largest absolute Gasteiger partial charge is 0.456 e. The first-order chi connectivity index (χ1) is 26.5. The Morgan fingerprint density at radius 1 is 0.407 bits per heavy atom. The third kappa shape index (κ3) is 4.17. The van der Waals surface area contributed by atoms with E-state index >= 15 is 0 Å². The second-order valence-electron chi connectivity index (χ2n) is 15.2. The van der Waals surface area contributed by atoms with Gasteiger partial charge in [0.25, 0.3) is 0 Å². The Hall–Kier alpha value is -6.64. The Kier molecular flexibility index (Phi) is 6.55. The molecule has 1 aromatic heterocycles. The van der Waals surface area contributed by atoms with Gasteiger partial charge in [-0.3, -0.25) is 0 Å². The second-order valence-corrected chi connectivity index (χ2v) is 15.2. The molecule has 0 unspecified atom stereocenters. The normalized spacial score (nSPS) is 14.4. The first-order valence-electron chi connectivity index (χ1n) is 18.9. The van der Waals surface area contributed by atoms with Gasteiger partial charge in [0.05, 0.1) is 11.1 Å². The number of para-hydroxylation sites is 2. The number of anilines is 3. The van der Waals surface area contributed by atoms with Crippen LogP contribution < -0.4 is 4.90 Å². The van der Waals surface area contributed by atoms with Crippen molar-refractivity contribution in [2.24, 2.45) is 0 Å². The lowest BCUT2D eigenvalue weighted by Gasteiger charge is -2.34. The number of rotatable bonds is 5. The summed E-state index contributed by atoms with van der Waals surface area (Å²) < 4.78 is 6.47. The van der Waals surface area contributed by atoms with E-state index in [4.69, 9.17) is 4.42 Å². The first-order valence-corrected chi connectivity index (χ1v) is 18.9. The average molecular weight is 692 g/mol. The highest BCUT2D eigenvalue weighted by Gasteiger charge is 2.46. The lowest BCUT2D eigenvalue weighted by atomic mass is 9.68. The molecule has 0 amide bonds. The Labute approximate surface area is 315 Å². The highest BCUT2D eigenvalue weighted by molar-refractivity contribution is 6.08. The average Bonchev–Trinajstić information content (AvgIpc) is 3.82. The number of fused-ring (bicyclic) bond motifs is 9. The van der Waals surface area contributed by atoms with Gasteiger partial charge >= 0.3 is 0 Å². The van der Waals surface area contributed by atoms with Crippen molar-refractivity contribution in [3.63, 3.8) is 0 Å². The zero-order valence-electron chi connectivity index (χ0n) is 30.3. The molecule has 0 saturated heterocycles. The predicted octanol–water partition coefficient (Wildman–Crippen LogP) is 13.7. The molecule has 1 heterocycles. The monoisotopic (exact) mass is 691 g/mol. The van der Waals surface area contributed by atoms with E-state index in [0.717, 1.165) is 33.6 Å². The summed E-state index contributed by atoms with van der Waals surface area (Å²) in [6, 6.07) is 68.9. The maximum Gasteiger partial charge on any atom is 0.136 e. The molecule has 0 aliphatic heterocycles. The Morgan fingerprint density at radius 2 is 0.981 bits per heavy atom. The van der Waals surface area contributed by atoms with Crippen molar-refractivity contribution >= 4 is 39.0 Å². The molecule has 256 valence electrons. The van der Waals surface area contributed by atoms with E-state index < -0.39 is 5.41 Å². The summed E-state index contributed by atoms with van der Waals surface area (Å²) in [5.41, 5.74) is 17.5. The van der Waals surface area contributed by atoms with E-state index in [1.165, 1.54) is 61.0 Å². The fourth-order valence-corrected chi connectivity index (χ4v) is 9.75. The molecule has 54 heavy (non-hydrogen) atoms. The standard InChI is InChI=1S/C52H37NO/c1-51(2)45-25-15-26-47(50(45)42-33-49-41(32-46(42)51)40-22-11-14-27-48(40)54-49)53(36-18-7-4-8-19-36)37-30-28-35(29-31-37)52(34-16-5-3-6-17-34)43-23-12-9-20-38(43)39-21-10-13-24-44(39)52/h3-33H,1-2H3. The Morgan fingerprint density at radius 3 is 1.70 bits per heavy atom. The van der Waals surface area contributed by atoms with Gasteiger partial charge < -0.3 is 9.32 Å². The van der Waals surface area contributed by atoms with E-state index in [1.807, 2.05) is 6.07 Å². The van der Waals surface area contributed by atoms with Crippen LogP contribution in [0.25, 0.3) is 44.2 Å². The summed E-state index contributed by atoms with van der Waals surface area (Å²) in [7, 11) is 0. The van der Waals surface area contributed by atoms with Crippen molar-refractivity contribution in [3.05, 3.63) is 221 Å². The zero-order valence-corrected chi connectivity index (χ0v) is 30.3. The van der Waals surface area contributed by atoms with Crippen LogP contribution in [0.3, 0.4) is 0 Å². The van der Waals surface area contributed by atoms with E-state index in [2.05, 4.69) is 201 Å². The molecule has 0 atom stereocenters. The van der Waals surface area contributed by atoms with Crippen molar-refractivity contribution in [2.45, 2.75) is 24.7 Å². The topological polar surface area (TPSA) is 16.4 Å². The highest BCUT2D eigenvalue weighted by Crippen LogP contribution is 2.58. The first kappa shape index (κ1) is 30.9. The molecule has 0 saturated carbocycles. The SMILES string of the molecule is CC1(C)c2cc3c(cc2-c2c(N(c4ccccc4)c4ccc(C5(c6ccccc6)c6ccccc6-c6ccccc65)cc4)cccc21)oc1ccccc13. The molecule has 2 heteroatoms. The van der Waals surface area contributed by atoms with E-state index in [-0.39, 0.29) is 5.41 Å². The van der Waals surface area contributed by atoms with Gasteiger partial charge in [-0.15, -0.1) is 0 Å². The minimum Gasteiger partial charge on any atom is -0.456 e. The minimum atomic E-state index is -0.445. The van der Waals surface area contributed by atoms with Crippen LogP contribution in [0, 0.1) is 0 Å².